The molecule has 0 radical (unpaired) electrons. The minimum atomic E-state index is -0.482. The minimum absolute atomic E-state index is 0.152. The molecule has 0 saturated carbocycles. The van der Waals surface area contributed by atoms with E-state index in [9.17, 15) is 14.0 Å². The Morgan fingerprint density at radius 2 is 2.00 bits per heavy atom. The first-order chi connectivity index (χ1) is 13.5. The summed E-state index contributed by atoms with van der Waals surface area (Å²) >= 11 is 1.40. The zero-order valence-corrected chi connectivity index (χ0v) is 16.3. The van der Waals surface area contributed by atoms with Crippen LogP contribution in [0.5, 0.6) is 5.75 Å². The van der Waals surface area contributed by atoms with Gasteiger partial charge in [0.25, 0.3) is 5.91 Å². The Kier molecular flexibility index (Phi) is 4.85. The maximum absolute atomic E-state index is 14.1. The Hall–Kier alpha value is -2.80. The fourth-order valence-corrected chi connectivity index (χ4v) is 4.57. The Morgan fingerprint density at radius 1 is 1.18 bits per heavy atom. The molecule has 7 heteroatoms. The highest BCUT2D eigenvalue weighted by molar-refractivity contribution is 8.03. The molecule has 2 aliphatic rings. The van der Waals surface area contributed by atoms with Crippen LogP contribution < -0.4 is 9.64 Å². The Morgan fingerprint density at radius 3 is 2.71 bits per heavy atom. The highest BCUT2D eigenvalue weighted by atomic mass is 32.2. The number of aryl methyl sites for hydroxylation is 1. The van der Waals surface area contributed by atoms with Gasteiger partial charge in [-0.3, -0.25) is 4.79 Å². The lowest BCUT2D eigenvalue weighted by Crippen LogP contribution is -2.61. The van der Waals surface area contributed by atoms with Crippen LogP contribution in [0.25, 0.3) is 0 Å². The molecular weight excluding hydrogens is 379 g/mol. The Labute approximate surface area is 166 Å². The lowest BCUT2D eigenvalue weighted by atomic mass is 10.1. The smallest absolute Gasteiger partial charge is 0.332 e. The molecule has 2 aromatic carbocycles. The summed E-state index contributed by atoms with van der Waals surface area (Å²) in [7, 11) is 1.41. The van der Waals surface area contributed by atoms with E-state index in [2.05, 4.69) is 0 Å². The van der Waals surface area contributed by atoms with Gasteiger partial charge in [0.15, 0.2) is 11.6 Å². The van der Waals surface area contributed by atoms with Crippen LogP contribution in [0.3, 0.4) is 0 Å². The van der Waals surface area contributed by atoms with Crippen LogP contribution in [0, 0.1) is 12.7 Å². The number of imide groups is 1. The summed E-state index contributed by atoms with van der Waals surface area (Å²) in [5, 5.41) is 1.45. The van der Waals surface area contributed by atoms with E-state index in [1.165, 1.54) is 29.8 Å². The van der Waals surface area contributed by atoms with Gasteiger partial charge in [-0.2, -0.15) is 0 Å². The van der Waals surface area contributed by atoms with Gasteiger partial charge in [-0.25, -0.2) is 14.1 Å². The van der Waals surface area contributed by atoms with Crippen LogP contribution in [0.1, 0.15) is 11.1 Å². The van der Waals surface area contributed by atoms with Crippen molar-refractivity contribution in [1.82, 2.24) is 4.90 Å². The van der Waals surface area contributed by atoms with E-state index in [-0.39, 0.29) is 24.2 Å². The maximum Gasteiger partial charge on any atom is 0.332 e. The number of hydrogen-bond donors (Lipinski definition) is 0. The van der Waals surface area contributed by atoms with Crippen molar-refractivity contribution in [2.75, 3.05) is 12.0 Å². The van der Waals surface area contributed by atoms with Gasteiger partial charge in [0.05, 0.1) is 18.8 Å². The monoisotopic (exact) mass is 398 g/mol. The van der Waals surface area contributed by atoms with Crippen LogP contribution in [-0.2, 0) is 11.3 Å². The number of carbonyl (C=O) groups is 2. The summed E-state index contributed by atoms with van der Waals surface area (Å²) in [4.78, 5) is 29.1. The number of hydrogen-bond acceptors (Lipinski definition) is 4. The van der Waals surface area contributed by atoms with Crippen LogP contribution in [0.2, 0.25) is 0 Å². The topological polar surface area (TPSA) is 49.9 Å². The second-order valence-corrected chi connectivity index (χ2v) is 7.82. The Bertz CT molecular complexity index is 978. The third kappa shape index (κ3) is 3.16. The van der Waals surface area contributed by atoms with Gasteiger partial charge in [-0.1, -0.05) is 24.3 Å². The quantitative estimate of drug-likeness (QED) is 0.778. The lowest BCUT2D eigenvalue weighted by Gasteiger charge is -2.41. The van der Waals surface area contributed by atoms with Crippen molar-refractivity contribution in [2.24, 2.45) is 0 Å². The molecule has 2 atom stereocenters. The van der Waals surface area contributed by atoms with Crippen molar-refractivity contribution in [3.05, 3.63) is 70.9 Å². The summed E-state index contributed by atoms with van der Waals surface area (Å²) < 4.78 is 19.1. The SMILES string of the molecule is COc1ccc(CN2C(=O)N(c3cccc(C)c3)C(=O)C3SC=CC32)cc1F. The number of benzene rings is 2. The van der Waals surface area contributed by atoms with Crippen molar-refractivity contribution < 1.29 is 18.7 Å². The molecule has 2 unspecified atom stereocenters. The van der Waals surface area contributed by atoms with Crippen molar-refractivity contribution in [3.63, 3.8) is 0 Å². The number of ether oxygens (including phenoxy) is 1. The molecule has 0 N–H and O–H groups in total. The first-order valence-electron chi connectivity index (χ1n) is 8.85. The zero-order valence-electron chi connectivity index (χ0n) is 15.5. The van der Waals surface area contributed by atoms with Gasteiger partial charge >= 0.3 is 6.03 Å². The molecule has 1 saturated heterocycles. The predicted octanol–water partition coefficient (Wildman–Crippen LogP) is 4.11. The maximum atomic E-state index is 14.1. The lowest BCUT2D eigenvalue weighted by molar-refractivity contribution is -0.119. The molecule has 2 aliphatic heterocycles. The number of rotatable bonds is 4. The van der Waals surface area contributed by atoms with E-state index in [4.69, 9.17) is 4.74 Å². The van der Waals surface area contributed by atoms with Crippen molar-refractivity contribution >= 4 is 29.4 Å². The van der Waals surface area contributed by atoms with Crippen molar-refractivity contribution in [1.29, 1.82) is 0 Å². The van der Waals surface area contributed by atoms with Crippen LogP contribution in [0.4, 0.5) is 14.9 Å². The molecule has 2 aromatic rings. The van der Waals surface area contributed by atoms with E-state index < -0.39 is 17.1 Å². The number of thioether (sulfide) groups is 1. The largest absolute Gasteiger partial charge is 0.494 e. The molecule has 144 valence electrons. The normalized spacial score (nSPS) is 21.2. The van der Waals surface area contributed by atoms with E-state index >= 15 is 0 Å². The molecule has 0 aromatic heterocycles. The summed E-state index contributed by atoms with van der Waals surface area (Å²) in [6.07, 6.45) is 1.86. The minimum Gasteiger partial charge on any atom is -0.494 e. The molecule has 0 aliphatic carbocycles. The summed E-state index contributed by atoms with van der Waals surface area (Å²) in [6, 6.07) is 11.2. The number of methoxy groups -OCH3 is 1. The average molecular weight is 398 g/mol. The molecule has 5 nitrogen and oxygen atoms in total. The van der Waals surface area contributed by atoms with Gasteiger partial charge in [0, 0.05) is 6.54 Å². The average Bonchev–Trinajstić information content (AvgIpc) is 3.15. The number of anilines is 1. The summed E-state index contributed by atoms with van der Waals surface area (Å²) in [5.41, 5.74) is 2.14. The Balaban J connectivity index is 1.69. The van der Waals surface area contributed by atoms with Crippen molar-refractivity contribution in [2.45, 2.75) is 24.8 Å². The second kappa shape index (κ2) is 7.31. The van der Waals surface area contributed by atoms with Gasteiger partial charge in [-0.15, -0.1) is 11.8 Å². The molecule has 0 bridgehead atoms. The third-order valence-corrected chi connectivity index (χ3v) is 5.99. The number of fused-ring (bicyclic) bond motifs is 1. The number of carbonyl (C=O) groups excluding carboxylic acids is 2. The molecule has 1 fully saturated rings. The molecular formula is C21H19FN2O3S. The zero-order chi connectivity index (χ0) is 19.8. The molecule has 28 heavy (non-hydrogen) atoms. The molecule has 4 rings (SSSR count). The number of urea groups is 1. The van der Waals surface area contributed by atoms with Gasteiger partial charge in [-0.05, 0) is 47.7 Å². The fourth-order valence-electron chi connectivity index (χ4n) is 3.52. The predicted molar refractivity (Wildman–Crippen MR) is 107 cm³/mol. The number of halogens is 1. The van der Waals surface area contributed by atoms with E-state index in [1.807, 2.05) is 36.6 Å². The van der Waals surface area contributed by atoms with E-state index in [0.29, 0.717) is 11.3 Å². The highest BCUT2D eigenvalue weighted by Gasteiger charge is 2.47. The highest BCUT2D eigenvalue weighted by Crippen LogP contribution is 2.37. The number of amides is 3. The van der Waals surface area contributed by atoms with E-state index in [0.717, 1.165) is 5.56 Å². The first kappa shape index (κ1) is 18.6. The first-order valence-corrected chi connectivity index (χ1v) is 9.79. The molecule has 2 heterocycles. The summed E-state index contributed by atoms with van der Waals surface area (Å²) in [6.45, 7) is 2.11. The van der Waals surface area contributed by atoms with Crippen LogP contribution in [-0.4, -0.2) is 35.2 Å². The number of nitrogens with zero attached hydrogens (tertiary/aromatic N) is 2. The van der Waals surface area contributed by atoms with E-state index in [1.54, 1.807) is 23.1 Å². The van der Waals surface area contributed by atoms with Crippen LogP contribution in [0.15, 0.2) is 53.9 Å². The van der Waals surface area contributed by atoms with Crippen molar-refractivity contribution in [3.8, 4) is 5.75 Å². The second-order valence-electron chi connectivity index (χ2n) is 6.77. The summed E-state index contributed by atoms with van der Waals surface area (Å²) in [5.74, 6) is -0.559. The fraction of sp³-hybridized carbons (Fsp3) is 0.238. The van der Waals surface area contributed by atoms with Gasteiger partial charge < -0.3 is 9.64 Å². The molecule has 3 amide bonds. The third-order valence-electron chi connectivity index (χ3n) is 4.90. The standard InChI is InChI=1S/C21H19FN2O3S/c1-13-4-3-5-15(10-13)24-20(25)19-17(8-9-28-19)23(21(24)26)12-14-6-7-18(27-2)16(22)11-14/h3-11,17,19H,12H2,1-2H3. The molecule has 0 spiro atoms. The van der Waals surface area contributed by atoms with Gasteiger partial charge in [0.1, 0.15) is 5.25 Å². The van der Waals surface area contributed by atoms with Crippen LogP contribution >= 0.6 is 11.8 Å². The van der Waals surface area contributed by atoms with Gasteiger partial charge in [0.2, 0.25) is 0 Å².